The van der Waals surface area contributed by atoms with Gasteiger partial charge in [-0.1, -0.05) is 36.4 Å². The number of benzene rings is 2. The molecule has 1 aliphatic heterocycles. The number of rotatable bonds is 4. The summed E-state index contributed by atoms with van der Waals surface area (Å²) < 4.78 is 5.18. The molecule has 1 aliphatic rings. The van der Waals surface area contributed by atoms with Gasteiger partial charge in [-0.2, -0.15) is 0 Å². The zero-order chi connectivity index (χ0) is 18.5. The van der Waals surface area contributed by atoms with Crippen molar-refractivity contribution in [2.75, 3.05) is 27.2 Å². The molecule has 0 saturated carbocycles. The maximum Gasteiger partial charge on any atom is 0.187 e. The van der Waals surface area contributed by atoms with Crippen molar-refractivity contribution >= 4 is 17.9 Å². The number of ketones is 1. The van der Waals surface area contributed by atoms with Gasteiger partial charge in [0.2, 0.25) is 0 Å². The van der Waals surface area contributed by atoms with Gasteiger partial charge in [-0.25, -0.2) is 0 Å². The average Bonchev–Trinajstić information content (AvgIpc) is 2.66. The molecule has 3 rings (SSSR count). The van der Waals surface area contributed by atoms with Gasteiger partial charge in [-0.15, -0.1) is 0 Å². The summed E-state index contributed by atoms with van der Waals surface area (Å²) in [5.74, 6) is 0.885. The Morgan fingerprint density at radius 2 is 1.46 bits per heavy atom. The van der Waals surface area contributed by atoms with Gasteiger partial charge < -0.3 is 9.84 Å². The highest BCUT2D eigenvalue weighted by Crippen LogP contribution is 2.22. The fraction of sp³-hybridized carbons (Fsp3) is 0.227. The number of methoxy groups -OCH3 is 1. The van der Waals surface area contributed by atoms with Crippen molar-refractivity contribution in [2.45, 2.75) is 6.61 Å². The van der Waals surface area contributed by atoms with Gasteiger partial charge in [-0.3, -0.25) is 9.69 Å². The summed E-state index contributed by atoms with van der Waals surface area (Å²) in [6, 6.07) is 15.3. The van der Waals surface area contributed by atoms with Gasteiger partial charge in [0.05, 0.1) is 13.7 Å². The van der Waals surface area contributed by atoms with Gasteiger partial charge in [-0.05, 0) is 48.0 Å². The Labute approximate surface area is 154 Å². The topological polar surface area (TPSA) is 49.8 Å². The minimum absolute atomic E-state index is 0.0211. The molecule has 1 saturated heterocycles. The van der Waals surface area contributed by atoms with Crippen LogP contribution in [0.3, 0.4) is 0 Å². The summed E-state index contributed by atoms with van der Waals surface area (Å²) in [5.41, 5.74) is 4.36. The normalized spacial score (nSPS) is 18.5. The van der Waals surface area contributed by atoms with Crippen LogP contribution in [0.25, 0.3) is 12.2 Å². The third kappa shape index (κ3) is 4.28. The smallest absolute Gasteiger partial charge is 0.187 e. The molecule has 0 radical (unpaired) electrons. The summed E-state index contributed by atoms with van der Waals surface area (Å²) in [6.45, 7) is 1.28. The zero-order valence-electron chi connectivity index (χ0n) is 15.1. The van der Waals surface area contributed by atoms with Crippen molar-refractivity contribution < 1.29 is 14.6 Å². The van der Waals surface area contributed by atoms with Gasteiger partial charge >= 0.3 is 0 Å². The Hall–Kier alpha value is -2.69. The van der Waals surface area contributed by atoms with Crippen molar-refractivity contribution in [3.05, 3.63) is 76.4 Å². The molecular weight excluding hydrogens is 326 g/mol. The molecule has 1 N–H and O–H groups in total. The van der Waals surface area contributed by atoms with Crippen LogP contribution in [0.15, 0.2) is 59.7 Å². The number of likely N-dealkylation sites (tertiary alicyclic amines) is 1. The summed E-state index contributed by atoms with van der Waals surface area (Å²) in [5, 5.41) is 9.14. The number of carbonyl (C=O) groups is 1. The minimum atomic E-state index is 0.0211. The minimum Gasteiger partial charge on any atom is -0.497 e. The SMILES string of the molecule is COc1ccc(/C=C2\CN(C)C/C(=C\c3ccc(CO)cc3)C2=O)cc1. The monoisotopic (exact) mass is 349 g/mol. The summed E-state index contributed by atoms with van der Waals surface area (Å²) in [7, 11) is 3.65. The standard InChI is InChI=1S/C22H23NO3/c1-23-13-19(11-16-3-5-18(15-24)6-4-16)22(25)20(14-23)12-17-7-9-21(26-2)10-8-17/h3-12,24H,13-15H2,1-2H3/b19-11+,20-12+. The van der Waals surface area contributed by atoms with Crippen molar-refractivity contribution in [3.8, 4) is 5.75 Å². The molecule has 26 heavy (non-hydrogen) atoms. The molecule has 0 aliphatic carbocycles. The molecule has 0 aromatic heterocycles. The van der Waals surface area contributed by atoms with Crippen molar-refractivity contribution in [3.63, 3.8) is 0 Å². The maximum atomic E-state index is 12.9. The van der Waals surface area contributed by atoms with Gasteiger partial charge in [0.25, 0.3) is 0 Å². The van der Waals surface area contributed by atoms with Crippen LogP contribution in [0.4, 0.5) is 0 Å². The molecule has 2 aromatic rings. The molecule has 0 atom stereocenters. The quantitative estimate of drug-likeness (QED) is 0.862. The van der Waals surface area contributed by atoms with Gasteiger partial charge in [0.15, 0.2) is 5.78 Å². The average molecular weight is 349 g/mol. The number of carbonyl (C=O) groups excluding carboxylic acids is 1. The number of hydrogen-bond donors (Lipinski definition) is 1. The Kier molecular flexibility index (Phi) is 5.66. The molecule has 4 heteroatoms. The highest BCUT2D eigenvalue weighted by molar-refractivity contribution is 6.14. The third-order valence-corrected chi connectivity index (χ3v) is 4.42. The van der Waals surface area contributed by atoms with Crippen molar-refractivity contribution in [1.29, 1.82) is 0 Å². The van der Waals surface area contributed by atoms with E-state index in [2.05, 4.69) is 4.90 Å². The van der Waals surface area contributed by atoms with E-state index < -0.39 is 0 Å². The Bertz CT molecular complexity index is 763. The second kappa shape index (κ2) is 8.13. The van der Waals surface area contributed by atoms with E-state index in [4.69, 9.17) is 9.84 Å². The lowest BCUT2D eigenvalue weighted by atomic mass is 9.94. The molecule has 0 amide bonds. The number of nitrogens with zero attached hydrogens (tertiary/aromatic N) is 1. The predicted molar refractivity (Wildman–Crippen MR) is 104 cm³/mol. The predicted octanol–water partition coefficient (Wildman–Crippen LogP) is 3.17. The number of aliphatic hydroxyl groups excluding tert-OH is 1. The first-order chi connectivity index (χ1) is 12.6. The van der Waals surface area contributed by atoms with E-state index in [1.54, 1.807) is 7.11 Å². The molecule has 0 bridgehead atoms. The van der Waals surface area contributed by atoms with Crippen molar-refractivity contribution in [1.82, 2.24) is 4.90 Å². The fourth-order valence-corrected chi connectivity index (χ4v) is 3.03. The lowest BCUT2D eigenvalue weighted by Gasteiger charge is -2.26. The summed E-state index contributed by atoms with van der Waals surface area (Å²) in [4.78, 5) is 15.0. The van der Waals surface area contributed by atoms with Crippen LogP contribution in [-0.2, 0) is 11.4 Å². The second-order valence-electron chi connectivity index (χ2n) is 6.51. The first-order valence-corrected chi connectivity index (χ1v) is 8.57. The lowest BCUT2D eigenvalue weighted by molar-refractivity contribution is -0.113. The van der Waals surface area contributed by atoms with E-state index in [1.165, 1.54) is 0 Å². The van der Waals surface area contributed by atoms with Crippen LogP contribution >= 0.6 is 0 Å². The van der Waals surface area contributed by atoms with E-state index in [9.17, 15) is 4.79 Å². The summed E-state index contributed by atoms with van der Waals surface area (Å²) >= 11 is 0. The van der Waals surface area contributed by atoms with E-state index in [1.807, 2.05) is 67.7 Å². The van der Waals surface area contributed by atoms with Gasteiger partial charge in [0.1, 0.15) is 5.75 Å². The Morgan fingerprint density at radius 3 is 1.92 bits per heavy atom. The number of hydrogen-bond acceptors (Lipinski definition) is 4. The molecule has 0 unspecified atom stereocenters. The highest BCUT2D eigenvalue weighted by atomic mass is 16.5. The largest absolute Gasteiger partial charge is 0.497 e. The van der Waals surface area contributed by atoms with E-state index in [0.717, 1.165) is 33.6 Å². The maximum absolute atomic E-state index is 12.9. The van der Waals surface area contributed by atoms with E-state index in [0.29, 0.717) is 13.1 Å². The fourth-order valence-electron chi connectivity index (χ4n) is 3.03. The van der Waals surface area contributed by atoms with Crippen LogP contribution in [0.5, 0.6) is 5.75 Å². The number of ether oxygens (including phenoxy) is 1. The zero-order valence-corrected chi connectivity index (χ0v) is 15.1. The van der Waals surface area contributed by atoms with E-state index in [-0.39, 0.29) is 12.4 Å². The first-order valence-electron chi connectivity index (χ1n) is 8.57. The van der Waals surface area contributed by atoms with E-state index >= 15 is 0 Å². The Morgan fingerprint density at radius 1 is 0.962 bits per heavy atom. The number of likely N-dealkylation sites (N-methyl/N-ethyl adjacent to an activating group) is 1. The second-order valence-corrected chi connectivity index (χ2v) is 6.51. The van der Waals surface area contributed by atoms with Crippen LogP contribution in [-0.4, -0.2) is 43.0 Å². The molecule has 0 spiro atoms. The summed E-state index contributed by atoms with van der Waals surface area (Å²) in [6.07, 6.45) is 3.88. The number of Topliss-reactive ketones (excluding diaryl/α,β-unsaturated/α-hetero) is 1. The van der Waals surface area contributed by atoms with Crippen LogP contribution in [0.2, 0.25) is 0 Å². The number of aliphatic hydroxyl groups is 1. The molecule has 134 valence electrons. The number of piperidine rings is 1. The Balaban J connectivity index is 1.86. The third-order valence-electron chi connectivity index (χ3n) is 4.42. The van der Waals surface area contributed by atoms with Gasteiger partial charge in [0, 0.05) is 24.2 Å². The molecule has 1 fully saturated rings. The molecule has 4 nitrogen and oxygen atoms in total. The molecule has 2 aromatic carbocycles. The van der Waals surface area contributed by atoms with Crippen LogP contribution in [0.1, 0.15) is 16.7 Å². The van der Waals surface area contributed by atoms with Crippen LogP contribution < -0.4 is 4.74 Å². The molecule has 1 heterocycles. The van der Waals surface area contributed by atoms with Crippen molar-refractivity contribution in [2.24, 2.45) is 0 Å². The first kappa shape index (κ1) is 18.1. The van der Waals surface area contributed by atoms with Crippen LogP contribution in [0, 0.1) is 0 Å². The highest BCUT2D eigenvalue weighted by Gasteiger charge is 2.23. The molecular formula is C22H23NO3. The lowest BCUT2D eigenvalue weighted by Crippen LogP contribution is -2.34.